The van der Waals surface area contributed by atoms with Gasteiger partial charge in [-0.3, -0.25) is 9.80 Å². The molecule has 2 atom stereocenters. The molecule has 3 aliphatic rings. The van der Waals surface area contributed by atoms with Crippen LogP contribution in [0.4, 0.5) is 0 Å². The number of morpholine rings is 1. The first-order valence-corrected chi connectivity index (χ1v) is 6.70. The molecule has 3 rings (SSSR count). The van der Waals surface area contributed by atoms with Gasteiger partial charge in [-0.1, -0.05) is 0 Å². The average molecular weight is 225 g/mol. The van der Waals surface area contributed by atoms with E-state index >= 15 is 0 Å². The Morgan fingerprint density at radius 1 is 0.938 bits per heavy atom. The Morgan fingerprint density at radius 2 is 1.81 bits per heavy atom. The van der Waals surface area contributed by atoms with E-state index in [0.29, 0.717) is 0 Å². The van der Waals surface area contributed by atoms with Crippen LogP contribution in [0, 0.1) is 0 Å². The van der Waals surface area contributed by atoms with Crippen LogP contribution in [0.15, 0.2) is 0 Å². The van der Waals surface area contributed by atoms with Gasteiger partial charge in [-0.05, 0) is 19.4 Å². The molecule has 3 saturated heterocycles. The molecular formula is C12H23N3O. The molecule has 16 heavy (non-hydrogen) atoms. The van der Waals surface area contributed by atoms with Crippen LogP contribution in [0.3, 0.4) is 0 Å². The van der Waals surface area contributed by atoms with Gasteiger partial charge in [-0.15, -0.1) is 0 Å². The predicted octanol–water partition coefficient (Wildman–Crippen LogP) is -0.245. The van der Waals surface area contributed by atoms with Gasteiger partial charge in [0.15, 0.2) is 0 Å². The Hall–Kier alpha value is -0.160. The van der Waals surface area contributed by atoms with Crippen molar-refractivity contribution in [3.63, 3.8) is 0 Å². The van der Waals surface area contributed by atoms with E-state index in [9.17, 15) is 0 Å². The largest absolute Gasteiger partial charge is 0.379 e. The number of ether oxygens (including phenoxy) is 1. The minimum absolute atomic E-state index is 0.796. The summed E-state index contributed by atoms with van der Waals surface area (Å²) >= 11 is 0. The number of nitrogens with one attached hydrogen (secondary N) is 1. The van der Waals surface area contributed by atoms with Crippen LogP contribution in [0.2, 0.25) is 0 Å². The quantitative estimate of drug-likeness (QED) is 0.702. The molecule has 4 heteroatoms. The van der Waals surface area contributed by atoms with Crippen LogP contribution in [0.1, 0.15) is 12.8 Å². The van der Waals surface area contributed by atoms with E-state index in [0.717, 1.165) is 38.4 Å². The lowest BCUT2D eigenvalue weighted by molar-refractivity contribution is 0.0178. The molecule has 0 aromatic heterocycles. The van der Waals surface area contributed by atoms with E-state index in [2.05, 4.69) is 15.1 Å². The molecule has 3 aliphatic heterocycles. The zero-order chi connectivity index (χ0) is 10.8. The summed E-state index contributed by atoms with van der Waals surface area (Å²) in [6.07, 6.45) is 2.70. The molecule has 3 heterocycles. The smallest absolute Gasteiger partial charge is 0.0594 e. The first-order valence-electron chi connectivity index (χ1n) is 6.70. The van der Waals surface area contributed by atoms with Gasteiger partial charge in [-0.25, -0.2) is 0 Å². The zero-order valence-electron chi connectivity index (χ0n) is 10.0. The van der Waals surface area contributed by atoms with E-state index in [1.165, 1.54) is 39.0 Å². The van der Waals surface area contributed by atoms with Crippen molar-refractivity contribution >= 4 is 0 Å². The van der Waals surface area contributed by atoms with Crippen LogP contribution >= 0.6 is 0 Å². The van der Waals surface area contributed by atoms with Crippen molar-refractivity contribution in [1.82, 2.24) is 15.1 Å². The molecule has 2 unspecified atom stereocenters. The fourth-order valence-electron chi connectivity index (χ4n) is 3.29. The average Bonchev–Trinajstić information content (AvgIpc) is 3.01. The van der Waals surface area contributed by atoms with Crippen molar-refractivity contribution in [2.24, 2.45) is 0 Å². The molecule has 92 valence electrons. The van der Waals surface area contributed by atoms with E-state index in [4.69, 9.17) is 4.74 Å². The molecule has 3 fully saturated rings. The van der Waals surface area contributed by atoms with E-state index in [-0.39, 0.29) is 0 Å². The molecule has 0 saturated carbocycles. The highest BCUT2D eigenvalue weighted by atomic mass is 16.5. The summed E-state index contributed by atoms with van der Waals surface area (Å²) in [5.41, 5.74) is 0. The lowest BCUT2D eigenvalue weighted by Gasteiger charge is -2.32. The summed E-state index contributed by atoms with van der Waals surface area (Å²) in [7, 11) is 0. The van der Waals surface area contributed by atoms with Crippen molar-refractivity contribution < 1.29 is 4.74 Å². The second kappa shape index (κ2) is 5.00. The third-order valence-electron chi connectivity index (χ3n) is 4.31. The van der Waals surface area contributed by atoms with Gasteiger partial charge in [0.2, 0.25) is 0 Å². The third kappa shape index (κ3) is 2.25. The van der Waals surface area contributed by atoms with Gasteiger partial charge in [-0.2, -0.15) is 0 Å². The fourth-order valence-corrected chi connectivity index (χ4v) is 3.29. The molecule has 0 radical (unpaired) electrons. The lowest BCUT2D eigenvalue weighted by Crippen LogP contribution is -2.45. The number of rotatable bonds is 2. The second-order valence-electron chi connectivity index (χ2n) is 5.23. The van der Waals surface area contributed by atoms with Gasteiger partial charge in [0.25, 0.3) is 0 Å². The molecule has 0 aromatic carbocycles. The molecule has 1 N–H and O–H groups in total. The van der Waals surface area contributed by atoms with Crippen LogP contribution < -0.4 is 5.32 Å². The summed E-state index contributed by atoms with van der Waals surface area (Å²) in [5.74, 6) is 0. The van der Waals surface area contributed by atoms with Gasteiger partial charge < -0.3 is 10.1 Å². The maximum absolute atomic E-state index is 5.42. The Labute approximate surface area is 97.9 Å². The SMILES string of the molecule is C1CC(N2CCC(N3CCOCC3)C2)CN1. The second-order valence-corrected chi connectivity index (χ2v) is 5.23. The number of hydrogen-bond acceptors (Lipinski definition) is 4. The first kappa shape index (κ1) is 11.0. The molecule has 0 amide bonds. The highest BCUT2D eigenvalue weighted by Gasteiger charge is 2.33. The summed E-state index contributed by atoms with van der Waals surface area (Å²) < 4.78 is 5.42. The fraction of sp³-hybridized carbons (Fsp3) is 1.00. The minimum Gasteiger partial charge on any atom is -0.379 e. The number of hydrogen-bond donors (Lipinski definition) is 1. The first-order chi connectivity index (χ1) is 7.93. The lowest BCUT2D eigenvalue weighted by atomic mass is 10.2. The zero-order valence-corrected chi connectivity index (χ0v) is 10.0. The monoisotopic (exact) mass is 225 g/mol. The Morgan fingerprint density at radius 3 is 2.56 bits per heavy atom. The molecular weight excluding hydrogens is 202 g/mol. The van der Waals surface area contributed by atoms with Crippen LogP contribution in [-0.2, 0) is 4.74 Å². The van der Waals surface area contributed by atoms with Gasteiger partial charge in [0.05, 0.1) is 13.2 Å². The third-order valence-corrected chi connectivity index (χ3v) is 4.31. The van der Waals surface area contributed by atoms with Crippen molar-refractivity contribution in [1.29, 1.82) is 0 Å². The van der Waals surface area contributed by atoms with Crippen LogP contribution in [-0.4, -0.2) is 74.4 Å². The maximum atomic E-state index is 5.42. The van der Waals surface area contributed by atoms with Crippen molar-refractivity contribution in [3.8, 4) is 0 Å². The molecule has 0 aliphatic carbocycles. The Bertz CT molecular complexity index is 224. The standard InChI is InChI=1S/C12H23N3O/c1-3-13-9-11(1)15-4-2-12(10-15)14-5-7-16-8-6-14/h11-13H,1-10H2. The van der Waals surface area contributed by atoms with Crippen molar-refractivity contribution in [2.45, 2.75) is 24.9 Å². The number of nitrogens with zero attached hydrogens (tertiary/aromatic N) is 2. The van der Waals surface area contributed by atoms with Crippen LogP contribution in [0.25, 0.3) is 0 Å². The van der Waals surface area contributed by atoms with E-state index < -0.39 is 0 Å². The molecule has 0 aromatic rings. The summed E-state index contributed by atoms with van der Waals surface area (Å²) in [6.45, 7) is 9.14. The Kier molecular flexibility index (Phi) is 3.43. The highest BCUT2D eigenvalue weighted by molar-refractivity contribution is 4.90. The number of likely N-dealkylation sites (tertiary alicyclic amines) is 1. The molecule has 4 nitrogen and oxygen atoms in total. The Balaban J connectivity index is 1.51. The van der Waals surface area contributed by atoms with Gasteiger partial charge >= 0.3 is 0 Å². The summed E-state index contributed by atoms with van der Waals surface area (Å²) in [4.78, 5) is 5.33. The normalized spacial score (nSPS) is 38.2. The van der Waals surface area contributed by atoms with Crippen molar-refractivity contribution in [2.75, 3.05) is 52.5 Å². The molecule has 0 bridgehead atoms. The predicted molar refractivity (Wildman–Crippen MR) is 63.6 cm³/mol. The van der Waals surface area contributed by atoms with Gasteiger partial charge in [0, 0.05) is 44.8 Å². The minimum atomic E-state index is 0.796. The summed E-state index contributed by atoms with van der Waals surface area (Å²) in [6, 6.07) is 1.61. The highest BCUT2D eigenvalue weighted by Crippen LogP contribution is 2.21. The van der Waals surface area contributed by atoms with Crippen LogP contribution in [0.5, 0.6) is 0 Å². The van der Waals surface area contributed by atoms with E-state index in [1.54, 1.807) is 0 Å². The summed E-state index contributed by atoms with van der Waals surface area (Å²) in [5, 5.41) is 3.47. The topological polar surface area (TPSA) is 27.7 Å². The van der Waals surface area contributed by atoms with Crippen molar-refractivity contribution in [3.05, 3.63) is 0 Å². The maximum Gasteiger partial charge on any atom is 0.0594 e. The van der Waals surface area contributed by atoms with E-state index in [1.807, 2.05) is 0 Å². The molecule has 0 spiro atoms. The van der Waals surface area contributed by atoms with Gasteiger partial charge in [0.1, 0.15) is 0 Å².